The molecule has 0 amide bonds. The van der Waals surface area contributed by atoms with Crippen LogP contribution in [0.4, 0.5) is 0 Å². The van der Waals surface area contributed by atoms with Gasteiger partial charge in [-0.15, -0.1) is 0 Å². The highest BCUT2D eigenvalue weighted by Crippen LogP contribution is 2.12. The zero-order chi connectivity index (χ0) is 9.02. The fraction of sp³-hybridized carbons (Fsp3) is 1.00. The van der Waals surface area contributed by atoms with Gasteiger partial charge in [-0.05, 0) is 17.1 Å². The molecule has 68 valence electrons. The van der Waals surface area contributed by atoms with E-state index >= 15 is 0 Å². The summed E-state index contributed by atoms with van der Waals surface area (Å²) in [5.41, 5.74) is 0. The van der Waals surface area contributed by atoms with Crippen molar-refractivity contribution in [2.75, 3.05) is 0 Å². The number of nitrogens with zero attached hydrogens (tertiary/aromatic N) is 1. The summed E-state index contributed by atoms with van der Waals surface area (Å²) in [7, 11) is 2.82. The second-order valence-corrected chi connectivity index (χ2v) is 12.4. The van der Waals surface area contributed by atoms with Gasteiger partial charge in [0.1, 0.15) is 0 Å². The highest BCUT2D eigenvalue weighted by Gasteiger charge is 2.12. The Balaban J connectivity index is 3.66. The van der Waals surface area contributed by atoms with Crippen LogP contribution in [0.25, 0.3) is 0 Å². The average Bonchev–Trinajstić information content (AvgIpc) is 1.87. The van der Waals surface area contributed by atoms with Crippen LogP contribution in [-0.2, 0) is 0 Å². The lowest BCUT2D eigenvalue weighted by atomic mass is 10.3. The Kier molecular flexibility index (Phi) is 5.58. The van der Waals surface area contributed by atoms with Crippen molar-refractivity contribution in [3.63, 3.8) is 0 Å². The Morgan fingerprint density at radius 3 is 1.91 bits per heavy atom. The molecule has 1 atom stereocenters. The van der Waals surface area contributed by atoms with Crippen molar-refractivity contribution in [3.05, 3.63) is 0 Å². The van der Waals surface area contributed by atoms with Crippen LogP contribution < -0.4 is 0 Å². The third-order valence-electron chi connectivity index (χ3n) is 2.60. The van der Waals surface area contributed by atoms with E-state index < -0.39 is 0 Å². The van der Waals surface area contributed by atoms with Crippen LogP contribution in [-0.4, -0.2) is 40.6 Å². The molecule has 0 N–H and O–H groups in total. The van der Waals surface area contributed by atoms with E-state index in [1.54, 1.807) is 0 Å². The minimum atomic E-state index is 0.122. The fourth-order valence-corrected chi connectivity index (χ4v) is 8.27. The first-order valence-electron chi connectivity index (χ1n) is 4.65. The highest BCUT2D eigenvalue weighted by atomic mass is 28.3. The van der Waals surface area contributed by atoms with Gasteiger partial charge in [0.25, 0.3) is 0 Å². The van der Waals surface area contributed by atoms with E-state index in [0.29, 0.717) is 0 Å². The molecule has 0 radical (unpaired) electrons. The number of rotatable bonds is 4. The maximum atomic E-state index is 2.72. The molecular formula is C7H23NSi3. The van der Waals surface area contributed by atoms with Gasteiger partial charge >= 0.3 is 0 Å². The Labute approximate surface area is 79.8 Å². The SMILES string of the molecule is CC(C)C([SiH3])[SiH2]N([SiH3])C(C)C. The van der Waals surface area contributed by atoms with E-state index in [2.05, 4.69) is 31.9 Å². The number of hydrogen-bond donors (Lipinski definition) is 0. The zero-order valence-electron chi connectivity index (χ0n) is 8.89. The Bertz CT molecular complexity index is 93.9. The minimum Gasteiger partial charge on any atom is -0.356 e. The molecule has 0 saturated heterocycles. The van der Waals surface area contributed by atoms with Gasteiger partial charge in [-0.2, -0.15) is 0 Å². The molecular weight excluding hydrogens is 182 g/mol. The van der Waals surface area contributed by atoms with E-state index in [1.807, 2.05) is 0 Å². The fourth-order valence-electron chi connectivity index (χ4n) is 0.876. The predicted octanol–water partition coefficient (Wildman–Crippen LogP) is -1.17. The van der Waals surface area contributed by atoms with Crippen molar-refractivity contribution in [1.29, 1.82) is 0 Å². The summed E-state index contributed by atoms with van der Waals surface area (Å²) in [5.74, 6) is 0.948. The molecule has 0 spiro atoms. The lowest BCUT2D eigenvalue weighted by Gasteiger charge is -2.26. The summed E-state index contributed by atoms with van der Waals surface area (Å²) in [6, 6.07) is 0.823. The van der Waals surface area contributed by atoms with Crippen LogP contribution >= 0.6 is 0 Å². The molecule has 0 aliphatic carbocycles. The van der Waals surface area contributed by atoms with Crippen molar-refractivity contribution in [3.8, 4) is 0 Å². The lowest BCUT2D eigenvalue weighted by molar-refractivity contribution is 0.543. The van der Waals surface area contributed by atoms with Crippen LogP contribution in [0, 0.1) is 5.92 Å². The number of hydrogen-bond acceptors (Lipinski definition) is 1. The smallest absolute Gasteiger partial charge is 0.0870 e. The maximum Gasteiger partial charge on any atom is 0.0870 e. The van der Waals surface area contributed by atoms with Crippen LogP contribution in [0.5, 0.6) is 0 Å². The first-order chi connectivity index (χ1) is 4.95. The van der Waals surface area contributed by atoms with E-state index in [4.69, 9.17) is 0 Å². The molecule has 0 aromatic carbocycles. The first-order valence-corrected chi connectivity index (χ1v) is 8.15. The molecule has 0 fully saturated rings. The van der Waals surface area contributed by atoms with Gasteiger partial charge in [0.15, 0.2) is 0 Å². The molecule has 0 saturated carbocycles. The Hall–Kier alpha value is 0.611. The molecule has 0 aliphatic rings. The molecule has 4 heteroatoms. The summed E-state index contributed by atoms with van der Waals surface area (Å²) in [6.07, 6.45) is 0. The van der Waals surface area contributed by atoms with Crippen LogP contribution in [0.1, 0.15) is 27.7 Å². The van der Waals surface area contributed by atoms with E-state index in [1.165, 1.54) is 20.6 Å². The molecule has 1 nitrogen and oxygen atoms in total. The van der Waals surface area contributed by atoms with Gasteiger partial charge in [0.05, 0.1) is 20.1 Å². The standard InChI is InChI=1S/C7H23NSi3/c1-5(2)7(9)11-8(10)6(3)4/h5-7H,11H2,1-4,9-10H3. The van der Waals surface area contributed by atoms with Gasteiger partial charge in [-0.25, -0.2) is 0 Å². The summed E-state index contributed by atoms with van der Waals surface area (Å²) < 4.78 is 2.72. The second-order valence-electron chi connectivity index (χ2n) is 4.25. The topological polar surface area (TPSA) is 3.24 Å². The Morgan fingerprint density at radius 2 is 1.64 bits per heavy atom. The van der Waals surface area contributed by atoms with Gasteiger partial charge in [0.2, 0.25) is 0 Å². The molecule has 0 heterocycles. The van der Waals surface area contributed by atoms with Crippen molar-refractivity contribution >= 4 is 30.3 Å². The van der Waals surface area contributed by atoms with Crippen molar-refractivity contribution in [2.24, 2.45) is 5.92 Å². The van der Waals surface area contributed by atoms with Crippen LogP contribution in [0.15, 0.2) is 0 Å². The molecule has 0 aliphatic heterocycles. The first kappa shape index (κ1) is 11.6. The van der Waals surface area contributed by atoms with Crippen LogP contribution in [0.3, 0.4) is 0 Å². The van der Waals surface area contributed by atoms with Gasteiger partial charge in [0, 0.05) is 10.2 Å². The van der Waals surface area contributed by atoms with Crippen LogP contribution in [0.2, 0.25) is 5.16 Å². The molecule has 0 aromatic heterocycles. The normalized spacial score (nSPS) is 16.6. The monoisotopic (exact) mass is 205 g/mol. The highest BCUT2D eigenvalue weighted by molar-refractivity contribution is 6.53. The molecule has 0 rings (SSSR count). The predicted molar refractivity (Wildman–Crippen MR) is 64.0 cm³/mol. The van der Waals surface area contributed by atoms with Crippen molar-refractivity contribution in [2.45, 2.75) is 38.9 Å². The summed E-state index contributed by atoms with van der Waals surface area (Å²) in [4.78, 5) is 0. The van der Waals surface area contributed by atoms with Gasteiger partial charge in [-0.3, -0.25) is 0 Å². The van der Waals surface area contributed by atoms with Crippen molar-refractivity contribution < 1.29 is 0 Å². The summed E-state index contributed by atoms with van der Waals surface area (Å²) >= 11 is 0. The lowest BCUT2D eigenvalue weighted by Crippen LogP contribution is -2.35. The average molecular weight is 206 g/mol. The summed E-state index contributed by atoms with van der Waals surface area (Å²) in [6.45, 7) is 9.41. The molecule has 1 unspecified atom stereocenters. The minimum absolute atomic E-state index is 0.122. The van der Waals surface area contributed by atoms with E-state index in [-0.39, 0.29) is 9.68 Å². The zero-order valence-corrected chi connectivity index (χ0v) is 14.3. The molecule has 0 bridgehead atoms. The molecule has 11 heavy (non-hydrogen) atoms. The van der Waals surface area contributed by atoms with Gasteiger partial charge in [-0.1, -0.05) is 27.7 Å². The quantitative estimate of drug-likeness (QED) is 0.523. The van der Waals surface area contributed by atoms with E-state index in [0.717, 1.165) is 17.1 Å². The van der Waals surface area contributed by atoms with E-state index in [9.17, 15) is 0 Å². The molecule has 0 aromatic rings. The largest absolute Gasteiger partial charge is 0.356 e. The Morgan fingerprint density at radius 1 is 1.18 bits per heavy atom. The van der Waals surface area contributed by atoms with Crippen molar-refractivity contribution in [1.82, 2.24) is 4.23 Å². The summed E-state index contributed by atoms with van der Waals surface area (Å²) in [5, 5.41) is 1.12. The third kappa shape index (κ3) is 4.95. The second kappa shape index (κ2) is 5.29. The van der Waals surface area contributed by atoms with Gasteiger partial charge < -0.3 is 4.23 Å². The maximum absolute atomic E-state index is 2.72. The third-order valence-corrected chi connectivity index (χ3v) is 9.98.